The average molecular weight is 420 g/mol. The number of amides is 1. The van der Waals surface area contributed by atoms with Crippen molar-refractivity contribution in [2.75, 3.05) is 6.54 Å². The molecule has 0 aromatic rings. The highest BCUT2D eigenvalue weighted by Gasteiger charge is 2.62. The summed E-state index contributed by atoms with van der Waals surface area (Å²) in [5.41, 5.74) is 0.559. The van der Waals surface area contributed by atoms with E-state index in [2.05, 4.69) is 26.1 Å². The van der Waals surface area contributed by atoms with E-state index >= 15 is 0 Å². The second-order valence-electron chi connectivity index (χ2n) is 11.9. The molecule has 4 fully saturated rings. The normalized spacial score (nSPS) is 48.9. The largest absolute Gasteiger partial charge is 0.393 e. The van der Waals surface area contributed by atoms with Crippen LogP contribution in [-0.2, 0) is 4.79 Å². The molecular formula is C26H45NO3. The molecule has 0 radical (unpaired) electrons. The first-order valence-electron chi connectivity index (χ1n) is 12.8. The van der Waals surface area contributed by atoms with Gasteiger partial charge in [-0.05, 0) is 111 Å². The van der Waals surface area contributed by atoms with Crippen molar-refractivity contribution in [1.29, 1.82) is 0 Å². The van der Waals surface area contributed by atoms with Crippen molar-refractivity contribution in [3.63, 3.8) is 0 Å². The second kappa shape index (κ2) is 8.39. The van der Waals surface area contributed by atoms with Crippen LogP contribution in [0.3, 0.4) is 0 Å². The van der Waals surface area contributed by atoms with Gasteiger partial charge in [-0.2, -0.15) is 0 Å². The Morgan fingerprint density at radius 3 is 2.43 bits per heavy atom. The van der Waals surface area contributed by atoms with Crippen LogP contribution in [0, 0.1) is 46.3 Å². The number of fused-ring (bicyclic) bond motifs is 5. The minimum atomic E-state index is -0.247. The first-order chi connectivity index (χ1) is 14.2. The molecule has 1 amide bonds. The molecule has 0 heterocycles. The lowest BCUT2D eigenvalue weighted by molar-refractivity contribution is -0.172. The highest BCUT2D eigenvalue weighted by molar-refractivity contribution is 5.75. The van der Waals surface area contributed by atoms with Crippen LogP contribution in [0.1, 0.15) is 91.9 Å². The summed E-state index contributed by atoms with van der Waals surface area (Å²) in [5, 5.41) is 24.3. The van der Waals surface area contributed by atoms with E-state index in [1.54, 1.807) is 0 Å². The van der Waals surface area contributed by atoms with Gasteiger partial charge < -0.3 is 15.5 Å². The molecule has 30 heavy (non-hydrogen) atoms. The van der Waals surface area contributed by atoms with E-state index in [0.29, 0.717) is 41.4 Å². The summed E-state index contributed by atoms with van der Waals surface area (Å²) in [7, 11) is 0. The molecule has 0 saturated heterocycles. The van der Waals surface area contributed by atoms with Crippen LogP contribution in [0.25, 0.3) is 0 Å². The predicted octanol–water partition coefficient (Wildman–Crippen LogP) is 4.53. The predicted molar refractivity (Wildman–Crippen MR) is 120 cm³/mol. The lowest BCUT2D eigenvalue weighted by Gasteiger charge is -2.62. The molecule has 10 atom stereocenters. The van der Waals surface area contributed by atoms with Crippen molar-refractivity contribution < 1.29 is 15.0 Å². The van der Waals surface area contributed by atoms with E-state index < -0.39 is 0 Å². The Morgan fingerprint density at radius 2 is 1.70 bits per heavy atom. The van der Waals surface area contributed by atoms with Gasteiger partial charge in [0.2, 0.25) is 5.91 Å². The molecule has 3 N–H and O–H groups in total. The Balaban J connectivity index is 1.48. The van der Waals surface area contributed by atoms with Crippen molar-refractivity contribution in [1.82, 2.24) is 5.32 Å². The number of aliphatic hydroxyl groups is 2. The maximum absolute atomic E-state index is 12.0. The first-order valence-corrected chi connectivity index (χ1v) is 12.8. The van der Waals surface area contributed by atoms with E-state index in [1.165, 1.54) is 25.7 Å². The van der Waals surface area contributed by atoms with Gasteiger partial charge in [-0.3, -0.25) is 4.79 Å². The second-order valence-corrected chi connectivity index (χ2v) is 11.9. The van der Waals surface area contributed by atoms with Gasteiger partial charge in [-0.25, -0.2) is 0 Å². The van der Waals surface area contributed by atoms with Crippen molar-refractivity contribution >= 4 is 5.91 Å². The molecule has 0 aliphatic heterocycles. The van der Waals surface area contributed by atoms with Crippen LogP contribution in [0.4, 0.5) is 0 Å². The zero-order valence-electron chi connectivity index (χ0n) is 19.7. The third kappa shape index (κ3) is 3.64. The van der Waals surface area contributed by atoms with Crippen LogP contribution in [-0.4, -0.2) is 34.9 Å². The lowest BCUT2D eigenvalue weighted by atomic mass is 9.44. The lowest BCUT2D eigenvalue weighted by Crippen LogP contribution is -2.58. The quantitative estimate of drug-likeness (QED) is 0.613. The van der Waals surface area contributed by atoms with Crippen LogP contribution in [0.2, 0.25) is 0 Å². The molecule has 0 spiro atoms. The molecule has 4 aliphatic rings. The first kappa shape index (κ1) is 22.6. The molecule has 0 bridgehead atoms. The molecule has 4 heteroatoms. The van der Waals surface area contributed by atoms with Gasteiger partial charge in [0.1, 0.15) is 0 Å². The molecule has 172 valence electrons. The summed E-state index contributed by atoms with van der Waals surface area (Å²) in [6.07, 6.45) is 10.1. The summed E-state index contributed by atoms with van der Waals surface area (Å²) in [4.78, 5) is 12.0. The van der Waals surface area contributed by atoms with Crippen molar-refractivity contribution in [3.8, 4) is 0 Å². The molecule has 0 aromatic heterocycles. The fourth-order valence-electron chi connectivity index (χ4n) is 9.10. The minimum absolute atomic E-state index is 0.196. The molecule has 4 nitrogen and oxygen atoms in total. The van der Waals surface area contributed by atoms with E-state index in [-0.39, 0.29) is 29.4 Å². The Hall–Kier alpha value is -0.610. The zero-order chi connectivity index (χ0) is 21.7. The molecular weight excluding hydrogens is 374 g/mol. The van der Waals surface area contributed by atoms with Crippen molar-refractivity contribution in [3.05, 3.63) is 0 Å². The summed E-state index contributed by atoms with van der Waals surface area (Å²) in [6.45, 7) is 10.1. The highest BCUT2D eigenvalue weighted by atomic mass is 16.3. The van der Waals surface area contributed by atoms with Gasteiger partial charge in [0.05, 0.1) is 12.2 Å². The van der Waals surface area contributed by atoms with E-state index in [4.69, 9.17) is 0 Å². The van der Waals surface area contributed by atoms with Crippen LogP contribution >= 0.6 is 0 Å². The summed E-state index contributed by atoms with van der Waals surface area (Å²) >= 11 is 0. The number of carbonyl (C=O) groups excluding carboxylic acids is 1. The molecule has 0 aromatic carbocycles. The van der Waals surface area contributed by atoms with Gasteiger partial charge >= 0.3 is 0 Å². The average Bonchev–Trinajstić information content (AvgIpc) is 3.05. The summed E-state index contributed by atoms with van der Waals surface area (Å²) < 4.78 is 0. The van der Waals surface area contributed by atoms with E-state index in [1.807, 2.05) is 6.92 Å². The number of nitrogens with one attached hydrogen (secondary N) is 1. The van der Waals surface area contributed by atoms with Crippen LogP contribution < -0.4 is 5.32 Å². The van der Waals surface area contributed by atoms with Gasteiger partial charge in [0.25, 0.3) is 0 Å². The van der Waals surface area contributed by atoms with Gasteiger partial charge in [-0.15, -0.1) is 0 Å². The molecule has 7 unspecified atom stereocenters. The summed E-state index contributed by atoms with van der Waals surface area (Å²) in [6, 6.07) is 0. The third-order valence-electron chi connectivity index (χ3n) is 10.6. The number of hydrogen-bond donors (Lipinski definition) is 3. The Morgan fingerprint density at radius 1 is 1.00 bits per heavy atom. The zero-order valence-corrected chi connectivity index (χ0v) is 19.7. The van der Waals surface area contributed by atoms with Crippen LogP contribution in [0.15, 0.2) is 0 Å². The Bertz CT molecular complexity index is 638. The van der Waals surface area contributed by atoms with Crippen molar-refractivity contribution in [2.45, 2.75) is 104 Å². The smallest absolute Gasteiger partial charge is 0.219 e. The highest BCUT2D eigenvalue weighted by Crippen LogP contribution is 2.68. The van der Waals surface area contributed by atoms with Crippen LogP contribution in [0.5, 0.6) is 0 Å². The summed E-state index contributed by atoms with van der Waals surface area (Å²) in [5.74, 6) is 3.82. The SMILES string of the molecule is CCNC(=O)CCC(C)C1CCC2C3C[C@H](O)[C@@H]4C[C@H](O)CCC4(C)C3CCC12C. The Labute approximate surface area is 183 Å². The number of rotatable bonds is 5. The minimum Gasteiger partial charge on any atom is -0.393 e. The van der Waals surface area contributed by atoms with Gasteiger partial charge in [-0.1, -0.05) is 20.8 Å². The topological polar surface area (TPSA) is 69.6 Å². The monoisotopic (exact) mass is 419 g/mol. The van der Waals surface area contributed by atoms with E-state index in [9.17, 15) is 15.0 Å². The number of hydrogen-bond acceptors (Lipinski definition) is 3. The Kier molecular flexibility index (Phi) is 6.31. The van der Waals surface area contributed by atoms with Gasteiger partial charge in [0.15, 0.2) is 0 Å². The molecule has 4 aliphatic carbocycles. The van der Waals surface area contributed by atoms with Crippen molar-refractivity contribution in [2.24, 2.45) is 46.3 Å². The van der Waals surface area contributed by atoms with E-state index in [0.717, 1.165) is 38.6 Å². The number of aliphatic hydroxyl groups excluding tert-OH is 2. The maximum atomic E-state index is 12.0. The van der Waals surface area contributed by atoms with Gasteiger partial charge in [0, 0.05) is 13.0 Å². The third-order valence-corrected chi connectivity index (χ3v) is 10.6. The fourth-order valence-corrected chi connectivity index (χ4v) is 9.10. The number of carbonyl (C=O) groups is 1. The standard InChI is InChI=1S/C26H45NO3/c1-5-27-24(30)9-6-16(2)19-7-8-20-18-15-23(29)22-14-17(28)10-12-26(22,4)21(18)11-13-25(19,20)3/h16-23,28-29H,5-15H2,1-4H3,(H,27,30)/t16?,17-,18?,19?,20?,21?,22+,23+,25?,26?/m1/s1. The molecule has 4 rings (SSSR count). The maximum Gasteiger partial charge on any atom is 0.219 e. The fraction of sp³-hybridized carbons (Fsp3) is 0.962. The molecule has 4 saturated carbocycles.